The summed E-state index contributed by atoms with van der Waals surface area (Å²) >= 11 is 13.9. The molecule has 136 valence electrons. The Morgan fingerprint density at radius 3 is 2.92 bits per heavy atom. The van der Waals surface area contributed by atoms with Crippen molar-refractivity contribution in [2.24, 2.45) is 7.05 Å². The van der Waals surface area contributed by atoms with Crippen molar-refractivity contribution >= 4 is 35.2 Å². The maximum Gasteiger partial charge on any atom is 0.202 e. The van der Waals surface area contributed by atoms with Crippen LogP contribution in [0.5, 0.6) is 0 Å². The summed E-state index contributed by atoms with van der Waals surface area (Å²) < 4.78 is 4.65. The zero-order valence-electron chi connectivity index (χ0n) is 14.9. The zero-order chi connectivity index (χ0) is 18.3. The molecule has 0 saturated heterocycles. The highest BCUT2D eigenvalue weighted by atomic mass is 35.5. The third-order valence-electron chi connectivity index (χ3n) is 5.24. The van der Waals surface area contributed by atoms with Gasteiger partial charge in [0.15, 0.2) is 12.5 Å². The van der Waals surface area contributed by atoms with Crippen LogP contribution >= 0.6 is 35.2 Å². The number of thiophene rings is 1. The van der Waals surface area contributed by atoms with Gasteiger partial charge in [0, 0.05) is 35.9 Å². The average Bonchev–Trinajstić information content (AvgIpc) is 3.22. The van der Waals surface area contributed by atoms with Crippen LogP contribution in [0.25, 0.3) is 11.4 Å². The third kappa shape index (κ3) is 3.05. The minimum absolute atomic E-state index is 0.512. The Morgan fingerprint density at radius 2 is 2.15 bits per heavy atom. The van der Waals surface area contributed by atoms with Crippen molar-refractivity contribution in [1.29, 1.82) is 0 Å². The molecule has 2 aromatic heterocycles. The highest BCUT2D eigenvalue weighted by Gasteiger charge is 2.31. The number of nitrogens with one attached hydrogen (secondary N) is 1. The lowest BCUT2D eigenvalue weighted by molar-refractivity contribution is -0.956. The summed E-state index contributed by atoms with van der Waals surface area (Å²) in [4.78, 5) is 3.07. The van der Waals surface area contributed by atoms with E-state index in [0.717, 1.165) is 42.2 Å². The number of fused-ring (bicyclic) bond motifs is 1. The van der Waals surface area contributed by atoms with Gasteiger partial charge in [-0.15, -0.1) is 16.4 Å². The summed E-state index contributed by atoms with van der Waals surface area (Å²) in [5, 5.41) is 7.74. The Balaban J connectivity index is 1.67. The molecule has 1 aliphatic rings. The molecule has 3 aromatic rings. The lowest BCUT2D eigenvalue weighted by Gasteiger charge is -2.31. The molecule has 0 saturated carbocycles. The van der Waals surface area contributed by atoms with Gasteiger partial charge in [-0.05, 0) is 35.8 Å². The summed E-state index contributed by atoms with van der Waals surface area (Å²) in [5.41, 5.74) is 2.43. The number of hydrogen-bond acceptors (Lipinski definition) is 3. The fourth-order valence-corrected chi connectivity index (χ4v) is 5.25. The van der Waals surface area contributed by atoms with Crippen molar-refractivity contribution in [2.45, 2.75) is 32.5 Å². The number of hydrogen-bond donors (Lipinski definition) is 1. The van der Waals surface area contributed by atoms with E-state index in [4.69, 9.17) is 28.9 Å². The molecule has 1 aliphatic heterocycles. The first-order valence-electron chi connectivity index (χ1n) is 8.89. The molecule has 26 heavy (non-hydrogen) atoms. The van der Waals surface area contributed by atoms with Gasteiger partial charge in [0.1, 0.15) is 6.04 Å². The first kappa shape index (κ1) is 17.9. The summed E-state index contributed by atoms with van der Waals surface area (Å²) in [7, 11) is 1.96. The molecule has 1 unspecified atom stereocenters. The minimum Gasteiger partial charge on any atom is -0.310 e. The number of aromatic nitrogens is 3. The summed E-state index contributed by atoms with van der Waals surface area (Å²) in [6.07, 6.45) is 2.26. The summed E-state index contributed by atoms with van der Waals surface area (Å²) in [6.45, 7) is 4.17. The first-order chi connectivity index (χ1) is 12.6. The first-order valence-corrected chi connectivity index (χ1v) is 10.6. The maximum absolute atomic E-state index is 6.37. The molecule has 0 aliphatic carbocycles. The number of quaternary nitrogens is 1. The van der Waals surface area contributed by atoms with Gasteiger partial charge in [0.2, 0.25) is 4.77 Å². The quantitative estimate of drug-likeness (QED) is 0.667. The van der Waals surface area contributed by atoms with E-state index in [0.29, 0.717) is 11.1 Å². The van der Waals surface area contributed by atoms with E-state index in [1.165, 1.54) is 10.5 Å². The van der Waals surface area contributed by atoms with Crippen LogP contribution < -0.4 is 4.90 Å². The van der Waals surface area contributed by atoms with Crippen molar-refractivity contribution in [3.05, 3.63) is 55.9 Å². The molecule has 0 amide bonds. The predicted molar refractivity (Wildman–Crippen MR) is 109 cm³/mol. The molecule has 0 fully saturated rings. The molecule has 1 N–H and O–H groups in total. The van der Waals surface area contributed by atoms with Gasteiger partial charge in [-0.25, -0.2) is 0 Å². The molecule has 4 nitrogen and oxygen atoms in total. The van der Waals surface area contributed by atoms with Gasteiger partial charge < -0.3 is 9.47 Å². The maximum atomic E-state index is 6.37. The van der Waals surface area contributed by atoms with Crippen LogP contribution in [0.4, 0.5) is 0 Å². The second kappa shape index (κ2) is 7.27. The van der Waals surface area contributed by atoms with Crippen molar-refractivity contribution < 1.29 is 4.90 Å². The molecule has 2 atom stereocenters. The Morgan fingerprint density at radius 1 is 1.35 bits per heavy atom. The second-order valence-corrected chi connectivity index (χ2v) is 8.49. The lowest BCUT2D eigenvalue weighted by atomic mass is 9.98. The Kier molecular flexibility index (Phi) is 5.01. The van der Waals surface area contributed by atoms with Crippen LogP contribution in [0.2, 0.25) is 5.02 Å². The second-order valence-electron chi connectivity index (χ2n) is 6.72. The smallest absolute Gasteiger partial charge is 0.202 e. The van der Waals surface area contributed by atoms with Crippen molar-refractivity contribution in [3.63, 3.8) is 0 Å². The van der Waals surface area contributed by atoms with Crippen LogP contribution in [-0.2, 0) is 20.1 Å². The summed E-state index contributed by atoms with van der Waals surface area (Å²) in [5.74, 6) is 0.821. The molecule has 4 rings (SSSR count). The molecule has 7 heteroatoms. The molecule has 0 bridgehead atoms. The van der Waals surface area contributed by atoms with E-state index < -0.39 is 0 Å². The van der Waals surface area contributed by atoms with E-state index in [9.17, 15) is 0 Å². The van der Waals surface area contributed by atoms with Gasteiger partial charge in [0.25, 0.3) is 0 Å². The van der Waals surface area contributed by atoms with Crippen molar-refractivity contribution in [1.82, 2.24) is 14.3 Å². The Bertz CT molecular complexity index is 988. The number of rotatable bonds is 4. The van der Waals surface area contributed by atoms with E-state index in [2.05, 4.69) is 18.4 Å². The predicted octanol–water partition coefficient (Wildman–Crippen LogP) is 3.88. The highest BCUT2D eigenvalue weighted by molar-refractivity contribution is 7.71. The van der Waals surface area contributed by atoms with Crippen LogP contribution in [0.15, 0.2) is 35.7 Å². The Labute approximate surface area is 167 Å². The average molecular weight is 406 g/mol. The fraction of sp³-hybridized carbons (Fsp3) is 0.368. The van der Waals surface area contributed by atoms with Crippen LogP contribution in [0.3, 0.4) is 0 Å². The van der Waals surface area contributed by atoms with E-state index in [1.807, 2.05) is 51.9 Å². The van der Waals surface area contributed by atoms with E-state index in [1.54, 1.807) is 4.88 Å². The van der Waals surface area contributed by atoms with Crippen LogP contribution in [0.1, 0.15) is 29.8 Å². The molecular weight excluding hydrogens is 384 g/mol. The fourth-order valence-electron chi connectivity index (χ4n) is 3.89. The SMILES string of the molecule is CC[C@H]1c2ccsc2CC[NH+]1Cn1nc(-c2ccccc2Cl)n(C)c1=S. The molecule has 0 spiro atoms. The molecule has 3 heterocycles. The number of benzene rings is 1. The standard InChI is InChI=1S/C19H21ClN4S2/c1-3-16-14-9-11-26-17(14)8-10-23(16)12-24-19(25)22(2)18(21-24)13-6-4-5-7-15(13)20/h4-7,9,11,16H,3,8,10,12H2,1-2H3/p+1/t16-/m0/s1. The normalized spacial score (nSPS) is 19.5. The molecular formula is C19H22ClN4S2+. The largest absolute Gasteiger partial charge is 0.310 e. The third-order valence-corrected chi connectivity index (χ3v) is 7.05. The topological polar surface area (TPSA) is 27.2 Å². The number of nitrogens with zero attached hydrogens (tertiary/aromatic N) is 3. The highest BCUT2D eigenvalue weighted by Crippen LogP contribution is 2.28. The lowest BCUT2D eigenvalue weighted by Crippen LogP contribution is -3.12. The van der Waals surface area contributed by atoms with Gasteiger partial charge in [-0.3, -0.25) is 0 Å². The number of halogens is 1. The van der Waals surface area contributed by atoms with Crippen molar-refractivity contribution in [2.75, 3.05) is 6.54 Å². The minimum atomic E-state index is 0.512. The van der Waals surface area contributed by atoms with Gasteiger partial charge in [0.05, 0.1) is 11.6 Å². The van der Waals surface area contributed by atoms with Gasteiger partial charge in [-0.2, -0.15) is 4.68 Å². The molecule has 0 radical (unpaired) electrons. The van der Waals surface area contributed by atoms with Gasteiger partial charge >= 0.3 is 0 Å². The molecule has 1 aromatic carbocycles. The Hall–Kier alpha value is -1.47. The van der Waals surface area contributed by atoms with Crippen molar-refractivity contribution in [3.8, 4) is 11.4 Å². The van der Waals surface area contributed by atoms with Gasteiger partial charge in [-0.1, -0.05) is 30.7 Å². The van der Waals surface area contributed by atoms with E-state index >= 15 is 0 Å². The zero-order valence-corrected chi connectivity index (χ0v) is 17.3. The monoisotopic (exact) mass is 405 g/mol. The van der Waals surface area contributed by atoms with Crippen LogP contribution in [0, 0.1) is 4.77 Å². The van der Waals surface area contributed by atoms with E-state index in [-0.39, 0.29) is 0 Å². The summed E-state index contributed by atoms with van der Waals surface area (Å²) in [6, 6.07) is 10.6. The van der Waals surface area contributed by atoms with Crippen LogP contribution in [-0.4, -0.2) is 20.9 Å².